The molecule has 1 saturated heterocycles. The largest absolute Gasteiger partial charge is 0.547 e. The quantitative estimate of drug-likeness (QED) is 0.105. The number of carbonyl (C=O) groups is 5. The van der Waals surface area contributed by atoms with Crippen LogP contribution in [-0.2, 0) is 21.2 Å². The smallest absolute Gasteiger partial charge is 0.534 e. The van der Waals surface area contributed by atoms with Crippen LogP contribution in [-0.4, -0.2) is 111 Å². The first-order valence-electron chi connectivity index (χ1n) is 15.2. The minimum absolute atomic E-state index is 0.0288. The Morgan fingerprint density at radius 3 is 2.43 bits per heavy atom. The molecule has 3 aromatic rings. The third-order valence-electron chi connectivity index (χ3n) is 8.09. The zero-order valence-corrected chi connectivity index (χ0v) is 28.3. The lowest BCUT2D eigenvalue weighted by Crippen LogP contribution is -2.56. The van der Waals surface area contributed by atoms with Gasteiger partial charge in [0.2, 0.25) is 15.9 Å². The number of urea groups is 2. The number of rotatable bonds is 10. The Balaban J connectivity index is 1.33. The SMILES string of the molecule is O=C(NCCS(=O)(=O)N1CCN(C(=O)NC(C(=O)N[C@H]2Cc3ccc(F)c(C(=O)O)c3OB2O)c2cc(F)c(O)c(O)c2Cl)C1=O)c1cccc(O)c1. The van der Waals surface area contributed by atoms with E-state index in [0.29, 0.717) is 15.3 Å². The summed E-state index contributed by atoms with van der Waals surface area (Å²) in [6.45, 7) is -1.58. The van der Waals surface area contributed by atoms with Crippen molar-refractivity contribution in [1.29, 1.82) is 0 Å². The fourth-order valence-corrected chi connectivity index (χ4v) is 6.99. The summed E-state index contributed by atoms with van der Waals surface area (Å²) in [6.07, 6.45) is -0.363. The van der Waals surface area contributed by atoms with Crippen molar-refractivity contribution >= 4 is 58.6 Å². The van der Waals surface area contributed by atoms with E-state index in [1.54, 1.807) is 0 Å². The maximum Gasteiger partial charge on any atom is 0.547 e. The number of halogens is 3. The van der Waals surface area contributed by atoms with Crippen LogP contribution in [0.3, 0.4) is 0 Å². The van der Waals surface area contributed by atoms with Gasteiger partial charge in [0.05, 0.1) is 29.8 Å². The maximum absolute atomic E-state index is 14.6. The van der Waals surface area contributed by atoms with Crippen molar-refractivity contribution in [2.24, 2.45) is 0 Å². The molecule has 1 unspecified atom stereocenters. The van der Waals surface area contributed by atoms with Crippen LogP contribution in [0.25, 0.3) is 0 Å². The molecular weight excluding hydrogens is 755 g/mol. The predicted molar refractivity (Wildman–Crippen MR) is 177 cm³/mol. The second-order valence-electron chi connectivity index (χ2n) is 11.5. The number of benzene rings is 3. The number of nitrogens with zero attached hydrogens (tertiary/aromatic N) is 2. The number of hydrogen-bond donors (Lipinski definition) is 8. The van der Waals surface area contributed by atoms with Crippen LogP contribution in [0.5, 0.6) is 23.0 Å². The summed E-state index contributed by atoms with van der Waals surface area (Å²) in [5.41, 5.74) is -1.50. The summed E-state index contributed by atoms with van der Waals surface area (Å²) in [7, 11) is -6.46. The van der Waals surface area contributed by atoms with Gasteiger partial charge in [-0.25, -0.2) is 40.8 Å². The van der Waals surface area contributed by atoms with Gasteiger partial charge in [-0.05, 0) is 42.3 Å². The van der Waals surface area contributed by atoms with Gasteiger partial charge in [-0.3, -0.25) is 9.59 Å². The van der Waals surface area contributed by atoms with E-state index in [1.165, 1.54) is 18.2 Å². The fraction of sp³-hybridized carbons (Fsp3) is 0.233. The Bertz CT molecular complexity index is 2150. The van der Waals surface area contributed by atoms with Crippen molar-refractivity contribution < 1.29 is 71.3 Å². The minimum atomic E-state index is -4.46. The zero-order valence-electron chi connectivity index (χ0n) is 26.7. The van der Waals surface area contributed by atoms with E-state index in [9.17, 15) is 66.6 Å². The second-order valence-corrected chi connectivity index (χ2v) is 13.9. The number of hydrogen-bond acceptors (Lipinski definition) is 12. The average Bonchev–Trinajstić information content (AvgIpc) is 3.50. The molecule has 1 fully saturated rings. The van der Waals surface area contributed by atoms with Gasteiger partial charge in [0, 0.05) is 17.7 Å². The van der Waals surface area contributed by atoms with E-state index < -0.39 is 129 Å². The second kappa shape index (κ2) is 15.0. The molecule has 3 aromatic carbocycles. The first-order valence-corrected chi connectivity index (χ1v) is 17.2. The predicted octanol–water partition coefficient (Wildman–Crippen LogP) is 0.821. The van der Waals surface area contributed by atoms with Gasteiger partial charge >= 0.3 is 25.1 Å². The van der Waals surface area contributed by atoms with Crippen molar-refractivity contribution in [2.45, 2.75) is 18.4 Å². The van der Waals surface area contributed by atoms with Crippen LogP contribution in [0, 0.1) is 11.6 Å². The van der Waals surface area contributed by atoms with Crippen LogP contribution in [0.15, 0.2) is 42.5 Å². The van der Waals surface area contributed by atoms with Crippen LogP contribution >= 0.6 is 11.6 Å². The monoisotopic (exact) mass is 781 g/mol. The highest BCUT2D eigenvalue weighted by atomic mass is 35.5. The molecule has 2 aliphatic rings. The number of imide groups is 1. The van der Waals surface area contributed by atoms with E-state index in [-0.39, 0.29) is 23.3 Å². The summed E-state index contributed by atoms with van der Waals surface area (Å²) in [5, 5.41) is 55.4. The third kappa shape index (κ3) is 7.83. The molecule has 6 amide bonds. The van der Waals surface area contributed by atoms with Gasteiger partial charge in [0.15, 0.2) is 17.3 Å². The molecule has 5 rings (SSSR count). The van der Waals surface area contributed by atoms with E-state index >= 15 is 0 Å². The molecule has 8 N–H and O–H groups in total. The highest BCUT2D eigenvalue weighted by molar-refractivity contribution is 7.89. The number of amides is 6. The minimum Gasteiger partial charge on any atom is -0.534 e. The van der Waals surface area contributed by atoms with Gasteiger partial charge in [0.1, 0.15) is 28.9 Å². The number of aromatic carboxylic acids is 1. The number of carboxylic acids is 1. The molecule has 53 heavy (non-hydrogen) atoms. The zero-order chi connectivity index (χ0) is 38.9. The summed E-state index contributed by atoms with van der Waals surface area (Å²) in [4.78, 5) is 64.5. The molecule has 280 valence electrons. The number of phenols is 3. The topological polar surface area (TPSA) is 272 Å². The first-order chi connectivity index (χ1) is 24.9. The van der Waals surface area contributed by atoms with E-state index in [4.69, 9.17) is 16.3 Å². The third-order valence-corrected chi connectivity index (χ3v) is 10.2. The number of nitrogens with one attached hydrogen (secondary N) is 3. The van der Waals surface area contributed by atoms with Crippen molar-refractivity contribution in [2.75, 3.05) is 25.4 Å². The van der Waals surface area contributed by atoms with Crippen LogP contribution in [0.2, 0.25) is 5.02 Å². The number of fused-ring (bicyclic) bond motifs is 1. The molecule has 23 heteroatoms. The van der Waals surface area contributed by atoms with Crippen LogP contribution in [0.1, 0.15) is 37.9 Å². The average molecular weight is 782 g/mol. The van der Waals surface area contributed by atoms with E-state index in [1.807, 2.05) is 0 Å². The van der Waals surface area contributed by atoms with Crippen molar-refractivity contribution in [3.8, 4) is 23.0 Å². The lowest BCUT2D eigenvalue weighted by atomic mass is 9.72. The Labute approximate surface area is 302 Å². The molecule has 2 heterocycles. The molecule has 0 radical (unpaired) electrons. The molecular formula is C30H27BClF2N5O13S. The van der Waals surface area contributed by atoms with Gasteiger partial charge in [-0.15, -0.1) is 0 Å². The number of carbonyl (C=O) groups excluding carboxylic acids is 4. The van der Waals surface area contributed by atoms with Crippen molar-refractivity contribution in [3.05, 3.63) is 81.4 Å². The van der Waals surface area contributed by atoms with E-state index in [2.05, 4.69) is 16.0 Å². The molecule has 0 bridgehead atoms. The summed E-state index contributed by atoms with van der Waals surface area (Å²) in [6, 6.07) is 2.72. The fourth-order valence-electron chi connectivity index (χ4n) is 5.46. The summed E-state index contributed by atoms with van der Waals surface area (Å²) < 4.78 is 60.3. The molecule has 0 aromatic heterocycles. The van der Waals surface area contributed by atoms with Crippen molar-refractivity contribution in [1.82, 2.24) is 25.2 Å². The molecule has 0 saturated carbocycles. The number of sulfonamides is 1. The highest BCUT2D eigenvalue weighted by Crippen LogP contribution is 2.41. The molecule has 0 spiro atoms. The Kier molecular flexibility index (Phi) is 10.9. The van der Waals surface area contributed by atoms with Crippen LogP contribution < -0.4 is 20.6 Å². The van der Waals surface area contributed by atoms with Gasteiger partial charge in [-0.1, -0.05) is 23.7 Å². The summed E-state index contributed by atoms with van der Waals surface area (Å²) >= 11 is 6.10. The highest BCUT2D eigenvalue weighted by Gasteiger charge is 2.43. The number of aromatic hydroxyl groups is 3. The number of phenolic OH excluding ortho intramolecular Hbond substituents is 3. The Hall–Kier alpha value is -5.87. The standard InChI is InChI=1S/C30H27BClF2N5O13S/c32-21-16(12-18(34)23(41)24(21)42)22(27(44)36-19-11-13-4-5-17(33)20(28(45)46)25(13)52-31(19)49)37-29(47)38-7-8-39(30(38)48)53(50,51)9-6-35-26(43)14-2-1-3-15(40)10-14/h1-5,10,12,19,22,40-42,49H,6-9,11H2,(H,35,43)(H,36,44)(H,37,47)(H,45,46)/t19-,22?/m0/s1. The summed E-state index contributed by atoms with van der Waals surface area (Å²) in [5.74, 6) is -11.9. The molecule has 2 atom stereocenters. The lowest BCUT2D eigenvalue weighted by Gasteiger charge is -2.31. The molecule has 18 nitrogen and oxygen atoms in total. The Morgan fingerprint density at radius 1 is 1.04 bits per heavy atom. The van der Waals surface area contributed by atoms with Gasteiger partial charge in [0.25, 0.3) is 5.91 Å². The Morgan fingerprint density at radius 2 is 1.75 bits per heavy atom. The van der Waals surface area contributed by atoms with Crippen molar-refractivity contribution in [3.63, 3.8) is 0 Å². The molecule has 2 aliphatic heterocycles. The first kappa shape index (κ1) is 38.4. The molecule has 0 aliphatic carbocycles. The normalized spacial score (nSPS) is 16.0. The van der Waals surface area contributed by atoms with Crippen LogP contribution in [0.4, 0.5) is 18.4 Å². The maximum atomic E-state index is 14.6. The van der Waals surface area contributed by atoms with E-state index in [0.717, 1.165) is 18.2 Å². The van der Waals surface area contributed by atoms with Gasteiger partial charge < -0.3 is 46.1 Å². The lowest BCUT2D eigenvalue weighted by molar-refractivity contribution is -0.123. The van der Waals surface area contributed by atoms with Gasteiger partial charge in [-0.2, -0.15) is 0 Å². The number of carboxylic acid groups (broad SMARTS) is 1.